The first-order valence-electron chi connectivity index (χ1n) is 10.4. The van der Waals surface area contributed by atoms with E-state index in [2.05, 4.69) is 45.1 Å². The zero-order valence-electron chi connectivity index (χ0n) is 18.0. The molecule has 1 aliphatic carbocycles. The van der Waals surface area contributed by atoms with Crippen LogP contribution in [0.4, 0.5) is 11.6 Å². The van der Waals surface area contributed by atoms with Gasteiger partial charge in [-0.25, -0.2) is 9.97 Å². The van der Waals surface area contributed by atoms with Crippen LogP contribution in [0.3, 0.4) is 0 Å². The standard InChI is InChI=1S/C24H29N5O/c1-14(2)12-25-23-15(3)24(27-13-26-23)28-16(4)20-11-18-7-6-8-21(30)22(18)17(5)29(20)19-9-10-19/h6-8,11-13,16,19,30H,5,9-10H2,1-4H3,(H2,25,26,27,28). The molecule has 1 aromatic carbocycles. The molecule has 0 saturated heterocycles. The number of hydrogen-bond acceptors (Lipinski definition) is 6. The zero-order valence-corrected chi connectivity index (χ0v) is 18.0. The van der Waals surface area contributed by atoms with E-state index in [1.54, 1.807) is 12.4 Å². The minimum atomic E-state index is 0.00255. The highest BCUT2D eigenvalue weighted by Crippen LogP contribution is 2.45. The third kappa shape index (κ3) is 3.77. The van der Waals surface area contributed by atoms with Gasteiger partial charge in [-0.05, 0) is 58.2 Å². The Balaban J connectivity index is 1.66. The molecule has 0 amide bonds. The fourth-order valence-corrected chi connectivity index (χ4v) is 3.83. The number of phenols is 1. The molecule has 2 aromatic rings. The van der Waals surface area contributed by atoms with E-state index in [1.807, 2.05) is 39.1 Å². The fraction of sp³-hybridized carbons (Fsp3) is 0.333. The fourth-order valence-electron chi connectivity index (χ4n) is 3.83. The second-order valence-corrected chi connectivity index (χ2v) is 8.29. The SMILES string of the molecule is C=C1c2c(O)cccc2C=C(C(C)Nc2ncnc(NC=C(C)C)c2C)N1C1CC1. The lowest BCUT2D eigenvalue weighted by Crippen LogP contribution is -2.35. The van der Waals surface area contributed by atoms with Crippen molar-refractivity contribution in [2.75, 3.05) is 10.6 Å². The van der Waals surface area contributed by atoms with Crippen LogP contribution in [-0.4, -0.2) is 32.1 Å². The van der Waals surface area contributed by atoms with Crippen molar-refractivity contribution in [1.29, 1.82) is 0 Å². The lowest BCUT2D eigenvalue weighted by atomic mass is 9.95. The second kappa shape index (κ2) is 7.86. The van der Waals surface area contributed by atoms with E-state index in [9.17, 15) is 5.11 Å². The average Bonchev–Trinajstić information content (AvgIpc) is 3.53. The molecule has 4 rings (SSSR count). The topological polar surface area (TPSA) is 73.3 Å². The average molecular weight is 404 g/mol. The van der Waals surface area contributed by atoms with Crippen LogP contribution in [0.1, 0.15) is 50.3 Å². The van der Waals surface area contributed by atoms with Crippen LogP contribution < -0.4 is 10.6 Å². The summed E-state index contributed by atoms with van der Waals surface area (Å²) < 4.78 is 0. The van der Waals surface area contributed by atoms with E-state index < -0.39 is 0 Å². The Bertz CT molecular complexity index is 1050. The zero-order chi connectivity index (χ0) is 21.4. The first kappa shape index (κ1) is 20.0. The lowest BCUT2D eigenvalue weighted by Gasteiger charge is -2.37. The van der Waals surface area contributed by atoms with Gasteiger partial charge in [-0.15, -0.1) is 0 Å². The van der Waals surface area contributed by atoms with Gasteiger partial charge in [0.1, 0.15) is 23.7 Å². The molecular formula is C24H29N5O. The lowest BCUT2D eigenvalue weighted by molar-refractivity contribution is 0.439. The van der Waals surface area contributed by atoms with Crippen LogP contribution in [0.5, 0.6) is 5.75 Å². The number of fused-ring (bicyclic) bond motifs is 1. The normalized spacial score (nSPS) is 16.5. The molecule has 1 aliphatic heterocycles. The highest BCUT2D eigenvalue weighted by Gasteiger charge is 2.37. The third-order valence-corrected chi connectivity index (χ3v) is 5.53. The number of aromatic nitrogens is 2. The summed E-state index contributed by atoms with van der Waals surface area (Å²) in [5.41, 5.74) is 5.95. The van der Waals surface area contributed by atoms with Crippen molar-refractivity contribution in [2.45, 2.75) is 52.6 Å². The molecule has 1 unspecified atom stereocenters. The summed E-state index contributed by atoms with van der Waals surface area (Å²) in [5, 5.41) is 17.2. The molecule has 1 atom stereocenters. The van der Waals surface area contributed by atoms with E-state index in [1.165, 1.54) is 5.57 Å². The molecule has 1 fully saturated rings. The number of allylic oxidation sites excluding steroid dienone is 1. The molecule has 1 saturated carbocycles. The molecule has 2 aliphatic rings. The van der Waals surface area contributed by atoms with Crippen molar-refractivity contribution in [2.24, 2.45) is 0 Å². The van der Waals surface area contributed by atoms with Crippen molar-refractivity contribution in [3.05, 3.63) is 65.3 Å². The summed E-state index contributed by atoms with van der Waals surface area (Å²) >= 11 is 0. The minimum absolute atomic E-state index is 0.00255. The third-order valence-electron chi connectivity index (χ3n) is 5.53. The largest absolute Gasteiger partial charge is 0.507 e. The molecule has 156 valence electrons. The van der Waals surface area contributed by atoms with Crippen molar-refractivity contribution in [3.63, 3.8) is 0 Å². The van der Waals surface area contributed by atoms with E-state index in [4.69, 9.17) is 0 Å². The van der Waals surface area contributed by atoms with Gasteiger partial charge in [0.05, 0.1) is 6.04 Å². The molecule has 6 heteroatoms. The van der Waals surface area contributed by atoms with Gasteiger partial charge < -0.3 is 20.6 Å². The summed E-state index contributed by atoms with van der Waals surface area (Å²) in [5.74, 6) is 1.86. The van der Waals surface area contributed by atoms with Crippen LogP contribution in [0.2, 0.25) is 0 Å². The quantitative estimate of drug-likeness (QED) is 0.622. The molecule has 0 radical (unpaired) electrons. The monoisotopic (exact) mass is 403 g/mol. The summed E-state index contributed by atoms with van der Waals surface area (Å²) in [4.78, 5) is 11.1. The molecule has 2 heterocycles. The van der Waals surface area contributed by atoms with Crippen molar-refractivity contribution < 1.29 is 5.11 Å². The van der Waals surface area contributed by atoms with Gasteiger partial charge in [-0.2, -0.15) is 0 Å². The first-order valence-corrected chi connectivity index (χ1v) is 10.4. The van der Waals surface area contributed by atoms with Gasteiger partial charge in [-0.3, -0.25) is 0 Å². The van der Waals surface area contributed by atoms with Crippen LogP contribution >= 0.6 is 0 Å². The highest BCUT2D eigenvalue weighted by molar-refractivity contribution is 5.82. The number of benzene rings is 1. The maximum atomic E-state index is 10.4. The Hall–Kier alpha value is -3.28. The van der Waals surface area contributed by atoms with Crippen LogP contribution in [0.25, 0.3) is 11.8 Å². The van der Waals surface area contributed by atoms with Gasteiger partial charge >= 0.3 is 0 Å². The molecular weight excluding hydrogens is 374 g/mol. The molecule has 30 heavy (non-hydrogen) atoms. The Morgan fingerprint density at radius 2 is 2.00 bits per heavy atom. The maximum Gasteiger partial charge on any atom is 0.138 e. The van der Waals surface area contributed by atoms with Crippen LogP contribution in [-0.2, 0) is 0 Å². The van der Waals surface area contributed by atoms with Crippen molar-refractivity contribution in [1.82, 2.24) is 14.9 Å². The summed E-state index contributed by atoms with van der Waals surface area (Å²) in [6.45, 7) is 12.5. The van der Waals surface area contributed by atoms with Crippen LogP contribution in [0.15, 0.2) is 48.6 Å². The van der Waals surface area contributed by atoms with Crippen molar-refractivity contribution in [3.8, 4) is 5.75 Å². The van der Waals surface area contributed by atoms with E-state index in [0.29, 0.717) is 6.04 Å². The Labute approximate surface area is 178 Å². The Morgan fingerprint density at radius 3 is 2.70 bits per heavy atom. The van der Waals surface area contributed by atoms with Gasteiger partial charge in [0.25, 0.3) is 0 Å². The number of aromatic hydroxyl groups is 1. The van der Waals surface area contributed by atoms with Gasteiger partial charge in [0.2, 0.25) is 0 Å². The number of hydrogen-bond donors (Lipinski definition) is 3. The Kier molecular flexibility index (Phi) is 5.24. The van der Waals surface area contributed by atoms with E-state index in [-0.39, 0.29) is 11.8 Å². The van der Waals surface area contributed by atoms with E-state index >= 15 is 0 Å². The number of anilines is 2. The minimum Gasteiger partial charge on any atom is -0.507 e. The molecule has 1 aromatic heterocycles. The summed E-state index contributed by atoms with van der Waals surface area (Å²) in [7, 11) is 0. The summed E-state index contributed by atoms with van der Waals surface area (Å²) in [6, 6.07) is 6.05. The predicted molar refractivity (Wildman–Crippen MR) is 123 cm³/mol. The van der Waals surface area contributed by atoms with Gasteiger partial charge in [-0.1, -0.05) is 24.3 Å². The number of nitrogens with one attached hydrogen (secondary N) is 2. The summed E-state index contributed by atoms with van der Waals surface area (Å²) in [6.07, 6.45) is 7.93. The Morgan fingerprint density at radius 1 is 1.27 bits per heavy atom. The highest BCUT2D eigenvalue weighted by atomic mass is 16.3. The van der Waals surface area contributed by atoms with Crippen LogP contribution in [0, 0.1) is 6.92 Å². The second-order valence-electron chi connectivity index (χ2n) is 8.29. The molecule has 3 N–H and O–H groups in total. The maximum absolute atomic E-state index is 10.4. The molecule has 0 bridgehead atoms. The first-order chi connectivity index (χ1) is 14.4. The number of phenolic OH excluding ortho intramolecular Hbond substituents is 1. The van der Waals surface area contributed by atoms with E-state index in [0.717, 1.165) is 52.6 Å². The molecule has 6 nitrogen and oxygen atoms in total. The van der Waals surface area contributed by atoms with Gasteiger partial charge in [0, 0.05) is 34.8 Å². The van der Waals surface area contributed by atoms with Gasteiger partial charge in [0.15, 0.2) is 0 Å². The molecule has 0 spiro atoms. The predicted octanol–water partition coefficient (Wildman–Crippen LogP) is 5.12. The smallest absolute Gasteiger partial charge is 0.138 e. The van der Waals surface area contributed by atoms with Crippen molar-refractivity contribution >= 4 is 23.4 Å². The number of rotatable bonds is 6. The number of nitrogens with zero attached hydrogens (tertiary/aromatic N) is 3.